The van der Waals surface area contributed by atoms with Crippen molar-refractivity contribution in [3.63, 3.8) is 0 Å². The maximum absolute atomic E-state index is 12.4. The molecule has 0 saturated carbocycles. The summed E-state index contributed by atoms with van der Waals surface area (Å²) in [5.74, 6) is 1.09. The summed E-state index contributed by atoms with van der Waals surface area (Å²) < 4.78 is 2.03. The van der Waals surface area contributed by atoms with Crippen molar-refractivity contribution in [1.82, 2.24) is 14.8 Å². The van der Waals surface area contributed by atoms with E-state index in [1.807, 2.05) is 18.4 Å². The van der Waals surface area contributed by atoms with E-state index < -0.39 is 0 Å². The molecule has 138 valence electrons. The van der Waals surface area contributed by atoms with Crippen LogP contribution in [0.4, 0.5) is 5.00 Å². The molecular weight excluding hydrogens is 366 g/mol. The van der Waals surface area contributed by atoms with Crippen LogP contribution in [0.1, 0.15) is 54.9 Å². The molecule has 0 saturated heterocycles. The SMILES string of the molecule is CCc1nnc(SCC(=O)Nc2sc3c(c2C#N)CCCCC3)n1CC. The maximum atomic E-state index is 12.4. The molecule has 0 aromatic carbocycles. The second-order valence-electron chi connectivity index (χ2n) is 6.21. The van der Waals surface area contributed by atoms with Crippen LogP contribution in [-0.2, 0) is 30.6 Å². The molecule has 26 heavy (non-hydrogen) atoms. The van der Waals surface area contributed by atoms with Gasteiger partial charge < -0.3 is 9.88 Å². The number of carbonyl (C=O) groups is 1. The standard InChI is InChI=1S/C18H23N5OS2/c1-3-15-21-22-18(23(15)4-2)25-11-16(24)20-17-13(10-19)12-8-6-5-7-9-14(12)26-17/h3-9,11H2,1-2H3,(H,20,24). The predicted molar refractivity (Wildman–Crippen MR) is 105 cm³/mol. The lowest BCUT2D eigenvalue weighted by atomic mass is 10.1. The number of carbonyl (C=O) groups excluding carboxylic acids is 1. The van der Waals surface area contributed by atoms with Crippen LogP contribution in [0.25, 0.3) is 0 Å². The molecule has 6 nitrogen and oxygen atoms in total. The Labute approximate surface area is 162 Å². The summed E-state index contributed by atoms with van der Waals surface area (Å²) in [6.45, 7) is 4.88. The second kappa shape index (κ2) is 8.69. The summed E-state index contributed by atoms with van der Waals surface area (Å²) in [5.41, 5.74) is 1.81. The fourth-order valence-corrected chi connectivity index (χ4v) is 5.32. The molecule has 8 heteroatoms. The average Bonchev–Trinajstić information content (AvgIpc) is 3.11. The van der Waals surface area contributed by atoms with Crippen molar-refractivity contribution in [3.05, 3.63) is 21.8 Å². The Hall–Kier alpha value is -1.85. The van der Waals surface area contributed by atoms with Gasteiger partial charge in [-0.05, 0) is 38.2 Å². The minimum Gasteiger partial charge on any atom is -0.316 e. The van der Waals surface area contributed by atoms with Crippen molar-refractivity contribution in [3.8, 4) is 6.07 Å². The van der Waals surface area contributed by atoms with Crippen molar-refractivity contribution in [2.45, 2.75) is 64.1 Å². The van der Waals surface area contributed by atoms with E-state index in [9.17, 15) is 10.1 Å². The summed E-state index contributed by atoms with van der Waals surface area (Å²) >= 11 is 2.95. The Morgan fingerprint density at radius 2 is 2.12 bits per heavy atom. The molecule has 0 bridgehead atoms. The third-order valence-corrected chi connectivity index (χ3v) is 6.72. The average molecular weight is 390 g/mol. The van der Waals surface area contributed by atoms with E-state index in [0.717, 1.165) is 55.2 Å². The summed E-state index contributed by atoms with van der Waals surface area (Å²) in [7, 11) is 0. The van der Waals surface area contributed by atoms with Gasteiger partial charge in [-0.2, -0.15) is 5.26 Å². The van der Waals surface area contributed by atoms with Crippen LogP contribution in [0.2, 0.25) is 0 Å². The van der Waals surface area contributed by atoms with Gasteiger partial charge in [-0.25, -0.2) is 0 Å². The van der Waals surface area contributed by atoms with E-state index in [4.69, 9.17) is 0 Å². The van der Waals surface area contributed by atoms with Crippen LogP contribution in [-0.4, -0.2) is 26.4 Å². The van der Waals surface area contributed by atoms with Crippen molar-refractivity contribution in [1.29, 1.82) is 5.26 Å². The van der Waals surface area contributed by atoms with Crippen LogP contribution in [0.5, 0.6) is 0 Å². The van der Waals surface area contributed by atoms with E-state index in [1.54, 1.807) is 11.3 Å². The number of nitriles is 1. The molecule has 1 N–H and O–H groups in total. The maximum Gasteiger partial charge on any atom is 0.235 e. The molecule has 3 rings (SSSR count). The highest BCUT2D eigenvalue weighted by atomic mass is 32.2. The molecule has 1 aliphatic rings. The number of aromatic nitrogens is 3. The van der Waals surface area contributed by atoms with Gasteiger partial charge in [0.15, 0.2) is 5.16 Å². The predicted octanol–water partition coefficient (Wildman–Crippen LogP) is 3.79. The summed E-state index contributed by atoms with van der Waals surface area (Å²) in [6, 6.07) is 2.30. The molecule has 2 heterocycles. The first kappa shape index (κ1) is 18.9. The normalized spacial score (nSPS) is 13.7. The van der Waals surface area contributed by atoms with Crippen molar-refractivity contribution in [2.75, 3.05) is 11.1 Å². The highest BCUT2D eigenvalue weighted by Gasteiger charge is 2.21. The molecule has 1 aliphatic carbocycles. The first-order chi connectivity index (χ1) is 12.7. The number of fused-ring (bicyclic) bond motifs is 1. The Bertz CT molecular complexity index is 833. The fourth-order valence-electron chi connectivity index (χ4n) is 3.25. The lowest BCUT2D eigenvalue weighted by Gasteiger charge is -2.06. The van der Waals surface area contributed by atoms with Crippen LogP contribution in [0, 0.1) is 11.3 Å². The zero-order valence-corrected chi connectivity index (χ0v) is 16.8. The van der Waals surface area contributed by atoms with Gasteiger partial charge in [-0.1, -0.05) is 25.1 Å². The molecule has 0 radical (unpaired) electrons. The number of thiophene rings is 1. The molecular formula is C18H23N5OS2. The largest absolute Gasteiger partial charge is 0.316 e. The first-order valence-corrected chi connectivity index (χ1v) is 10.9. The summed E-state index contributed by atoms with van der Waals surface area (Å²) in [5, 5.41) is 22.3. The number of aryl methyl sites for hydroxylation is 2. The van der Waals surface area contributed by atoms with E-state index in [0.29, 0.717) is 10.6 Å². The number of thioether (sulfide) groups is 1. The minimum absolute atomic E-state index is 0.105. The highest BCUT2D eigenvalue weighted by Crippen LogP contribution is 2.37. The van der Waals surface area contributed by atoms with Gasteiger partial charge in [0.25, 0.3) is 0 Å². The van der Waals surface area contributed by atoms with Crippen LogP contribution in [0.15, 0.2) is 5.16 Å². The van der Waals surface area contributed by atoms with E-state index >= 15 is 0 Å². The van der Waals surface area contributed by atoms with Crippen LogP contribution < -0.4 is 5.32 Å². The Morgan fingerprint density at radius 1 is 1.31 bits per heavy atom. The third kappa shape index (κ3) is 3.94. The zero-order chi connectivity index (χ0) is 18.5. The Kier molecular flexibility index (Phi) is 6.33. The van der Waals surface area contributed by atoms with Gasteiger partial charge >= 0.3 is 0 Å². The number of nitrogens with zero attached hydrogens (tertiary/aromatic N) is 4. The molecule has 0 spiro atoms. The summed E-state index contributed by atoms with van der Waals surface area (Å²) in [4.78, 5) is 13.7. The van der Waals surface area contributed by atoms with Gasteiger partial charge in [-0.15, -0.1) is 21.5 Å². The summed E-state index contributed by atoms with van der Waals surface area (Å²) in [6.07, 6.45) is 6.27. The van der Waals surface area contributed by atoms with Gasteiger partial charge in [0.1, 0.15) is 16.9 Å². The quantitative estimate of drug-likeness (QED) is 0.600. The van der Waals surface area contributed by atoms with Gasteiger partial charge in [0.05, 0.1) is 11.3 Å². The Morgan fingerprint density at radius 3 is 2.85 bits per heavy atom. The van der Waals surface area contributed by atoms with E-state index in [2.05, 4.69) is 21.6 Å². The van der Waals surface area contributed by atoms with Crippen LogP contribution in [0.3, 0.4) is 0 Å². The lowest BCUT2D eigenvalue weighted by molar-refractivity contribution is -0.113. The third-order valence-electron chi connectivity index (χ3n) is 4.54. The van der Waals surface area contributed by atoms with Gasteiger partial charge in [-0.3, -0.25) is 4.79 Å². The van der Waals surface area contributed by atoms with Gasteiger partial charge in [0, 0.05) is 17.8 Å². The minimum atomic E-state index is -0.105. The van der Waals surface area contributed by atoms with E-state index in [-0.39, 0.29) is 11.7 Å². The molecule has 2 aromatic rings. The molecule has 0 fully saturated rings. The molecule has 2 aromatic heterocycles. The van der Waals surface area contributed by atoms with E-state index in [1.165, 1.54) is 23.1 Å². The first-order valence-electron chi connectivity index (χ1n) is 9.07. The Balaban J connectivity index is 1.67. The topological polar surface area (TPSA) is 83.6 Å². The number of rotatable bonds is 6. The van der Waals surface area contributed by atoms with Crippen molar-refractivity contribution < 1.29 is 4.79 Å². The van der Waals surface area contributed by atoms with Gasteiger partial charge in [0.2, 0.25) is 5.91 Å². The number of amides is 1. The number of nitrogens with one attached hydrogen (secondary N) is 1. The smallest absolute Gasteiger partial charge is 0.235 e. The number of anilines is 1. The van der Waals surface area contributed by atoms with Crippen LogP contribution >= 0.6 is 23.1 Å². The fraction of sp³-hybridized carbons (Fsp3) is 0.556. The zero-order valence-electron chi connectivity index (χ0n) is 15.2. The molecule has 0 atom stereocenters. The molecule has 0 unspecified atom stereocenters. The molecule has 0 aliphatic heterocycles. The monoisotopic (exact) mass is 389 g/mol. The number of hydrogen-bond acceptors (Lipinski definition) is 6. The van der Waals surface area contributed by atoms with Crippen molar-refractivity contribution >= 4 is 34.0 Å². The second-order valence-corrected chi connectivity index (χ2v) is 8.26. The molecule has 1 amide bonds. The lowest BCUT2D eigenvalue weighted by Crippen LogP contribution is -2.14. The number of hydrogen-bond donors (Lipinski definition) is 1. The highest BCUT2D eigenvalue weighted by molar-refractivity contribution is 7.99. The van der Waals surface area contributed by atoms with Crippen molar-refractivity contribution in [2.24, 2.45) is 0 Å².